The summed E-state index contributed by atoms with van der Waals surface area (Å²) in [5.74, 6) is -0.149. The fourth-order valence-electron chi connectivity index (χ4n) is 1.47. The van der Waals surface area contributed by atoms with Crippen LogP contribution in [0.2, 0.25) is 0 Å². The molecule has 0 aromatic carbocycles. The molecule has 0 fully saturated rings. The normalized spacial score (nSPS) is 9.94. The third-order valence-electron chi connectivity index (χ3n) is 2.50. The van der Waals surface area contributed by atoms with Gasteiger partial charge in [0.2, 0.25) is 5.91 Å². The third-order valence-corrected chi connectivity index (χ3v) is 2.50. The van der Waals surface area contributed by atoms with Crippen LogP contribution < -0.4 is 0 Å². The molecule has 4 heteroatoms. The van der Waals surface area contributed by atoms with Crippen LogP contribution in [0.3, 0.4) is 0 Å². The van der Waals surface area contributed by atoms with Crippen LogP contribution in [0.4, 0.5) is 0 Å². The van der Waals surface area contributed by atoms with E-state index < -0.39 is 0 Å². The van der Waals surface area contributed by atoms with E-state index in [-0.39, 0.29) is 18.3 Å². The standard InChI is InChI=1S/C12H23NO3/c1-4-6-7-9-13(11(14)5-2)10-8-12(15)16-3/h4-10H2,1-3H3. The fraction of sp³-hybridized carbons (Fsp3) is 0.833. The van der Waals surface area contributed by atoms with Gasteiger partial charge >= 0.3 is 5.97 Å². The van der Waals surface area contributed by atoms with Gasteiger partial charge in [0.05, 0.1) is 13.5 Å². The molecule has 0 aliphatic heterocycles. The van der Waals surface area contributed by atoms with E-state index in [2.05, 4.69) is 11.7 Å². The first-order valence-electron chi connectivity index (χ1n) is 6.00. The summed E-state index contributed by atoms with van der Waals surface area (Å²) in [7, 11) is 1.37. The number of methoxy groups -OCH3 is 1. The van der Waals surface area contributed by atoms with Gasteiger partial charge < -0.3 is 9.64 Å². The number of amides is 1. The molecule has 94 valence electrons. The van der Waals surface area contributed by atoms with Crippen molar-refractivity contribution in [3.05, 3.63) is 0 Å². The summed E-state index contributed by atoms with van der Waals surface area (Å²) in [6, 6.07) is 0. The maximum atomic E-state index is 11.6. The Morgan fingerprint density at radius 1 is 1.12 bits per heavy atom. The number of esters is 1. The molecule has 0 N–H and O–H groups in total. The van der Waals surface area contributed by atoms with Gasteiger partial charge in [-0.05, 0) is 6.42 Å². The van der Waals surface area contributed by atoms with Crippen LogP contribution in [0, 0.1) is 0 Å². The smallest absolute Gasteiger partial charge is 0.307 e. The van der Waals surface area contributed by atoms with Gasteiger partial charge in [-0.15, -0.1) is 0 Å². The highest BCUT2D eigenvalue weighted by atomic mass is 16.5. The molecule has 0 radical (unpaired) electrons. The number of unbranched alkanes of at least 4 members (excludes halogenated alkanes) is 2. The molecule has 0 saturated carbocycles. The van der Waals surface area contributed by atoms with Crippen molar-refractivity contribution in [1.29, 1.82) is 0 Å². The van der Waals surface area contributed by atoms with E-state index in [4.69, 9.17) is 0 Å². The Kier molecular flexibility index (Phi) is 8.58. The maximum absolute atomic E-state index is 11.6. The second-order valence-corrected chi connectivity index (χ2v) is 3.77. The minimum Gasteiger partial charge on any atom is -0.469 e. The number of hydrogen-bond donors (Lipinski definition) is 0. The summed E-state index contributed by atoms with van der Waals surface area (Å²) in [4.78, 5) is 24.3. The van der Waals surface area contributed by atoms with E-state index in [0.717, 1.165) is 25.8 Å². The van der Waals surface area contributed by atoms with Gasteiger partial charge in [0.1, 0.15) is 0 Å². The molecule has 0 bridgehead atoms. The Labute approximate surface area is 98.0 Å². The van der Waals surface area contributed by atoms with Crippen LogP contribution in [-0.2, 0) is 14.3 Å². The van der Waals surface area contributed by atoms with Gasteiger partial charge in [-0.1, -0.05) is 26.7 Å². The van der Waals surface area contributed by atoms with E-state index in [9.17, 15) is 9.59 Å². The van der Waals surface area contributed by atoms with E-state index in [0.29, 0.717) is 13.0 Å². The van der Waals surface area contributed by atoms with E-state index in [1.54, 1.807) is 4.90 Å². The Morgan fingerprint density at radius 3 is 2.31 bits per heavy atom. The topological polar surface area (TPSA) is 46.6 Å². The van der Waals surface area contributed by atoms with Crippen LogP contribution in [-0.4, -0.2) is 37.0 Å². The molecule has 0 aliphatic carbocycles. The van der Waals surface area contributed by atoms with Crippen LogP contribution in [0.15, 0.2) is 0 Å². The fourth-order valence-corrected chi connectivity index (χ4v) is 1.47. The molecular formula is C12H23NO3. The Balaban J connectivity index is 4.00. The van der Waals surface area contributed by atoms with Gasteiger partial charge in [-0.2, -0.15) is 0 Å². The van der Waals surface area contributed by atoms with E-state index in [1.807, 2.05) is 6.92 Å². The summed E-state index contributed by atoms with van der Waals surface area (Å²) in [6.45, 7) is 5.19. The number of rotatable bonds is 8. The first-order valence-corrected chi connectivity index (χ1v) is 6.00. The molecule has 0 aromatic rings. The number of carbonyl (C=O) groups is 2. The lowest BCUT2D eigenvalue weighted by Crippen LogP contribution is -2.33. The second-order valence-electron chi connectivity index (χ2n) is 3.77. The molecule has 0 rings (SSSR count). The highest BCUT2D eigenvalue weighted by Crippen LogP contribution is 2.02. The van der Waals surface area contributed by atoms with Crippen molar-refractivity contribution in [2.45, 2.75) is 46.0 Å². The lowest BCUT2D eigenvalue weighted by Gasteiger charge is -2.21. The highest BCUT2D eigenvalue weighted by Gasteiger charge is 2.12. The lowest BCUT2D eigenvalue weighted by molar-refractivity contribution is -0.141. The average Bonchev–Trinajstić information content (AvgIpc) is 2.32. The average molecular weight is 229 g/mol. The zero-order chi connectivity index (χ0) is 12.4. The second kappa shape index (κ2) is 9.19. The predicted octanol–water partition coefficient (Wildman–Crippen LogP) is 1.98. The molecule has 4 nitrogen and oxygen atoms in total. The molecule has 0 aromatic heterocycles. The minimum absolute atomic E-state index is 0.111. The van der Waals surface area contributed by atoms with Crippen molar-refractivity contribution in [1.82, 2.24) is 4.90 Å². The first kappa shape index (κ1) is 14.9. The first-order chi connectivity index (χ1) is 7.65. The molecule has 0 atom stereocenters. The SMILES string of the molecule is CCCCCN(CCC(=O)OC)C(=O)CC. The molecule has 0 heterocycles. The molecule has 0 saturated heterocycles. The monoisotopic (exact) mass is 229 g/mol. The van der Waals surface area contributed by atoms with Crippen molar-refractivity contribution in [3.63, 3.8) is 0 Å². The highest BCUT2D eigenvalue weighted by molar-refractivity contribution is 5.76. The molecular weight excluding hydrogens is 206 g/mol. The quantitative estimate of drug-likeness (QED) is 0.472. The zero-order valence-corrected chi connectivity index (χ0v) is 10.6. The lowest BCUT2D eigenvalue weighted by atomic mass is 10.2. The molecule has 1 amide bonds. The summed E-state index contributed by atoms with van der Waals surface area (Å²) in [5, 5.41) is 0. The summed E-state index contributed by atoms with van der Waals surface area (Å²) in [5.41, 5.74) is 0. The zero-order valence-electron chi connectivity index (χ0n) is 10.6. The van der Waals surface area contributed by atoms with Crippen molar-refractivity contribution < 1.29 is 14.3 Å². The molecule has 16 heavy (non-hydrogen) atoms. The largest absolute Gasteiger partial charge is 0.469 e. The number of hydrogen-bond acceptors (Lipinski definition) is 3. The van der Waals surface area contributed by atoms with Gasteiger partial charge in [-0.25, -0.2) is 0 Å². The predicted molar refractivity (Wildman–Crippen MR) is 63.0 cm³/mol. The van der Waals surface area contributed by atoms with Crippen LogP contribution in [0.1, 0.15) is 46.0 Å². The van der Waals surface area contributed by atoms with Crippen LogP contribution in [0.25, 0.3) is 0 Å². The van der Waals surface area contributed by atoms with Gasteiger partial charge in [0, 0.05) is 19.5 Å². The van der Waals surface area contributed by atoms with Crippen LogP contribution >= 0.6 is 0 Å². The summed E-state index contributed by atoms with van der Waals surface area (Å²) < 4.78 is 4.56. The Bertz CT molecular complexity index is 216. The summed E-state index contributed by atoms with van der Waals surface area (Å²) >= 11 is 0. The van der Waals surface area contributed by atoms with Gasteiger partial charge in [-0.3, -0.25) is 9.59 Å². The van der Waals surface area contributed by atoms with Crippen molar-refractivity contribution >= 4 is 11.9 Å². The Morgan fingerprint density at radius 2 is 1.81 bits per heavy atom. The van der Waals surface area contributed by atoms with E-state index in [1.165, 1.54) is 7.11 Å². The third kappa shape index (κ3) is 6.43. The van der Waals surface area contributed by atoms with Gasteiger partial charge in [0.15, 0.2) is 0 Å². The number of ether oxygens (including phenoxy) is 1. The van der Waals surface area contributed by atoms with E-state index >= 15 is 0 Å². The summed E-state index contributed by atoms with van der Waals surface area (Å²) in [6.07, 6.45) is 4.03. The molecule has 0 aliphatic rings. The maximum Gasteiger partial charge on any atom is 0.307 e. The van der Waals surface area contributed by atoms with Crippen LogP contribution in [0.5, 0.6) is 0 Å². The van der Waals surface area contributed by atoms with Crippen molar-refractivity contribution in [3.8, 4) is 0 Å². The van der Waals surface area contributed by atoms with Crippen molar-refractivity contribution in [2.24, 2.45) is 0 Å². The number of carbonyl (C=O) groups excluding carboxylic acids is 2. The molecule has 0 spiro atoms. The Hall–Kier alpha value is -1.06. The van der Waals surface area contributed by atoms with Gasteiger partial charge in [0.25, 0.3) is 0 Å². The molecule has 0 unspecified atom stereocenters. The minimum atomic E-state index is -0.260. The van der Waals surface area contributed by atoms with Crippen molar-refractivity contribution in [2.75, 3.05) is 20.2 Å². The number of nitrogens with zero attached hydrogens (tertiary/aromatic N) is 1.